The summed E-state index contributed by atoms with van der Waals surface area (Å²) in [5, 5.41) is 12.1. The highest BCUT2D eigenvalue weighted by Gasteiger charge is 2.58. The molecule has 0 aromatic heterocycles. The van der Waals surface area contributed by atoms with Gasteiger partial charge in [-0.25, -0.2) is 4.79 Å². The van der Waals surface area contributed by atoms with Gasteiger partial charge in [-0.15, -0.1) is 0 Å². The zero-order valence-electron chi connectivity index (χ0n) is 13.3. The summed E-state index contributed by atoms with van der Waals surface area (Å²) >= 11 is 0. The smallest absolute Gasteiger partial charge is 0.407 e. The molecule has 3 fully saturated rings. The molecule has 1 unspecified atom stereocenters. The zero-order valence-corrected chi connectivity index (χ0v) is 13.3. The number of hydrogen-bond donors (Lipinski definition) is 2. The fraction of sp³-hybridized carbons (Fsp3) is 0.875. The van der Waals surface area contributed by atoms with Gasteiger partial charge >= 0.3 is 6.09 Å². The van der Waals surface area contributed by atoms with Crippen molar-refractivity contribution < 1.29 is 19.4 Å². The number of nitrogens with zero attached hydrogens (tertiary/aromatic N) is 1. The van der Waals surface area contributed by atoms with Gasteiger partial charge in [0.15, 0.2) is 0 Å². The van der Waals surface area contributed by atoms with Gasteiger partial charge in [0.2, 0.25) is 5.91 Å². The van der Waals surface area contributed by atoms with Gasteiger partial charge in [-0.05, 0) is 42.9 Å². The second-order valence-corrected chi connectivity index (χ2v) is 7.53. The lowest BCUT2D eigenvalue weighted by Gasteiger charge is -2.34. The minimum absolute atomic E-state index is 0.0760. The number of ether oxygens (including phenoxy) is 1. The Morgan fingerprint density at radius 3 is 2.45 bits per heavy atom. The number of carboxylic acid groups (broad SMARTS) is 1. The predicted molar refractivity (Wildman–Crippen MR) is 80.5 cm³/mol. The Bertz CT molecular complexity index is 451. The number of amides is 2. The van der Waals surface area contributed by atoms with Crippen LogP contribution in [0.1, 0.15) is 39.0 Å². The topological polar surface area (TPSA) is 78.9 Å². The van der Waals surface area contributed by atoms with Crippen molar-refractivity contribution in [2.24, 2.45) is 16.7 Å². The van der Waals surface area contributed by atoms with E-state index in [2.05, 4.69) is 12.2 Å². The second kappa shape index (κ2) is 5.72. The van der Waals surface area contributed by atoms with Gasteiger partial charge in [0.25, 0.3) is 0 Å². The van der Waals surface area contributed by atoms with Crippen molar-refractivity contribution in [3.8, 4) is 0 Å². The Hall–Kier alpha value is -1.30. The van der Waals surface area contributed by atoms with E-state index in [1.165, 1.54) is 4.90 Å². The molecule has 2 aliphatic heterocycles. The van der Waals surface area contributed by atoms with Crippen molar-refractivity contribution in [3.63, 3.8) is 0 Å². The van der Waals surface area contributed by atoms with Crippen LogP contribution in [-0.2, 0) is 9.53 Å². The maximum absolute atomic E-state index is 12.4. The summed E-state index contributed by atoms with van der Waals surface area (Å²) in [7, 11) is 0. The average molecular weight is 310 g/mol. The standard InChI is InChI=1S/C16H26N2O4/c1-15(4-8-22-9-5-15)11-17-13(19)12-10-16(12)2-6-18(7-3-16)14(20)21/h12H,2-11H2,1H3,(H,17,19)(H,20,21). The molecule has 2 N–H and O–H groups in total. The van der Waals surface area contributed by atoms with Crippen molar-refractivity contribution in [3.05, 3.63) is 0 Å². The first-order valence-corrected chi connectivity index (χ1v) is 8.28. The number of piperidine rings is 1. The molecule has 2 saturated heterocycles. The SMILES string of the molecule is CC1(CNC(=O)C2CC23CCN(C(=O)O)CC3)CCOCC1. The first-order chi connectivity index (χ1) is 10.4. The van der Waals surface area contributed by atoms with E-state index in [0.29, 0.717) is 13.1 Å². The van der Waals surface area contributed by atoms with Gasteiger partial charge in [0.05, 0.1) is 0 Å². The molecule has 6 heteroatoms. The fourth-order valence-corrected chi connectivity index (χ4v) is 3.88. The molecular formula is C16H26N2O4. The van der Waals surface area contributed by atoms with E-state index >= 15 is 0 Å². The van der Waals surface area contributed by atoms with Gasteiger partial charge in [-0.3, -0.25) is 4.79 Å². The molecule has 0 aromatic rings. The van der Waals surface area contributed by atoms with Crippen LogP contribution in [0.25, 0.3) is 0 Å². The van der Waals surface area contributed by atoms with Crippen LogP contribution in [0.5, 0.6) is 0 Å². The van der Waals surface area contributed by atoms with E-state index < -0.39 is 6.09 Å². The van der Waals surface area contributed by atoms with Crippen LogP contribution in [0, 0.1) is 16.7 Å². The first kappa shape index (κ1) is 15.6. The number of rotatable bonds is 3. The number of carbonyl (C=O) groups is 2. The van der Waals surface area contributed by atoms with Crippen molar-refractivity contribution >= 4 is 12.0 Å². The molecule has 1 aliphatic carbocycles. The molecule has 2 heterocycles. The molecule has 1 spiro atoms. The highest BCUT2D eigenvalue weighted by molar-refractivity contribution is 5.82. The number of hydrogen-bond acceptors (Lipinski definition) is 3. The Morgan fingerprint density at radius 1 is 1.23 bits per heavy atom. The number of likely N-dealkylation sites (tertiary alicyclic amines) is 1. The van der Waals surface area contributed by atoms with Crippen molar-refractivity contribution in [1.29, 1.82) is 0 Å². The maximum atomic E-state index is 12.4. The molecule has 3 aliphatic rings. The van der Waals surface area contributed by atoms with Crippen LogP contribution in [0.2, 0.25) is 0 Å². The Labute approximate surface area is 131 Å². The van der Waals surface area contributed by atoms with E-state index in [0.717, 1.165) is 51.9 Å². The third kappa shape index (κ3) is 3.07. The third-order valence-electron chi connectivity index (χ3n) is 5.93. The summed E-state index contributed by atoms with van der Waals surface area (Å²) in [6.45, 7) is 5.63. The highest BCUT2D eigenvalue weighted by atomic mass is 16.5. The van der Waals surface area contributed by atoms with E-state index in [1.54, 1.807) is 0 Å². The predicted octanol–water partition coefficient (Wildman–Crippen LogP) is 1.70. The zero-order chi connectivity index (χ0) is 15.8. The quantitative estimate of drug-likeness (QED) is 0.831. The Morgan fingerprint density at radius 2 is 1.86 bits per heavy atom. The molecule has 22 heavy (non-hydrogen) atoms. The van der Waals surface area contributed by atoms with Crippen molar-refractivity contribution in [2.75, 3.05) is 32.8 Å². The Balaban J connectivity index is 1.46. The molecule has 0 bridgehead atoms. The number of carbonyl (C=O) groups excluding carboxylic acids is 1. The summed E-state index contributed by atoms with van der Waals surface area (Å²) in [5.41, 5.74) is 0.231. The summed E-state index contributed by atoms with van der Waals surface area (Å²) < 4.78 is 5.39. The maximum Gasteiger partial charge on any atom is 0.407 e. The minimum atomic E-state index is -0.844. The lowest BCUT2D eigenvalue weighted by atomic mass is 9.82. The molecule has 3 rings (SSSR count). The minimum Gasteiger partial charge on any atom is -0.465 e. The van der Waals surface area contributed by atoms with Gasteiger partial charge in [-0.1, -0.05) is 6.92 Å². The fourth-order valence-electron chi connectivity index (χ4n) is 3.88. The average Bonchev–Trinajstić information content (AvgIpc) is 3.20. The largest absolute Gasteiger partial charge is 0.465 e. The van der Waals surface area contributed by atoms with Gasteiger partial charge in [0, 0.05) is 38.8 Å². The monoisotopic (exact) mass is 310 g/mol. The third-order valence-corrected chi connectivity index (χ3v) is 5.93. The summed E-state index contributed by atoms with van der Waals surface area (Å²) in [5.74, 6) is 0.253. The molecule has 0 radical (unpaired) electrons. The summed E-state index contributed by atoms with van der Waals surface area (Å²) in [6, 6.07) is 0. The molecule has 1 atom stereocenters. The van der Waals surface area contributed by atoms with Gasteiger partial charge in [0.1, 0.15) is 0 Å². The van der Waals surface area contributed by atoms with Crippen LogP contribution in [0.3, 0.4) is 0 Å². The van der Waals surface area contributed by atoms with Crippen molar-refractivity contribution in [1.82, 2.24) is 10.2 Å². The van der Waals surface area contributed by atoms with Gasteiger partial charge < -0.3 is 20.1 Å². The lowest BCUT2D eigenvalue weighted by molar-refractivity contribution is -0.124. The molecule has 0 aromatic carbocycles. The summed E-state index contributed by atoms with van der Waals surface area (Å²) in [6.07, 6.45) is 3.72. The van der Waals surface area contributed by atoms with Crippen molar-refractivity contribution in [2.45, 2.75) is 39.0 Å². The van der Waals surface area contributed by atoms with E-state index in [4.69, 9.17) is 9.84 Å². The molecule has 124 valence electrons. The molecular weight excluding hydrogens is 284 g/mol. The number of nitrogens with one attached hydrogen (secondary N) is 1. The molecule has 6 nitrogen and oxygen atoms in total. The van der Waals surface area contributed by atoms with Crippen LogP contribution >= 0.6 is 0 Å². The second-order valence-electron chi connectivity index (χ2n) is 7.53. The first-order valence-electron chi connectivity index (χ1n) is 8.28. The normalized spacial score (nSPS) is 29.1. The van der Waals surface area contributed by atoms with Crippen LogP contribution < -0.4 is 5.32 Å². The van der Waals surface area contributed by atoms with E-state index in [-0.39, 0.29) is 22.7 Å². The molecule has 2 amide bonds. The van der Waals surface area contributed by atoms with Crippen LogP contribution in [0.15, 0.2) is 0 Å². The van der Waals surface area contributed by atoms with Gasteiger partial charge in [-0.2, -0.15) is 0 Å². The highest BCUT2D eigenvalue weighted by Crippen LogP contribution is 2.59. The Kier molecular flexibility index (Phi) is 4.05. The van der Waals surface area contributed by atoms with Crippen LogP contribution in [-0.4, -0.2) is 54.9 Å². The lowest BCUT2D eigenvalue weighted by Crippen LogP contribution is -2.42. The summed E-state index contributed by atoms with van der Waals surface area (Å²) in [4.78, 5) is 24.8. The molecule has 1 saturated carbocycles. The van der Waals surface area contributed by atoms with E-state index in [9.17, 15) is 9.59 Å². The van der Waals surface area contributed by atoms with E-state index in [1.807, 2.05) is 0 Å². The van der Waals surface area contributed by atoms with Crippen LogP contribution in [0.4, 0.5) is 4.79 Å².